The molecule has 3 nitrogen and oxygen atoms in total. The Morgan fingerprint density at radius 2 is 2.10 bits per heavy atom. The average molecular weight is 392 g/mol. The normalized spacial score (nSPS) is 19.4. The van der Waals surface area contributed by atoms with Crippen molar-refractivity contribution in [1.29, 1.82) is 0 Å². The van der Waals surface area contributed by atoms with E-state index < -0.39 is 11.7 Å². The molecular formula is C13H8F3IN2O. The number of halogens is 4. The van der Waals surface area contributed by atoms with Gasteiger partial charge in [0.25, 0.3) is 0 Å². The van der Waals surface area contributed by atoms with Crippen LogP contribution in [0.1, 0.15) is 11.5 Å². The molecule has 0 amide bonds. The summed E-state index contributed by atoms with van der Waals surface area (Å²) in [6, 6.07) is 3.30. The predicted octanol–water partition coefficient (Wildman–Crippen LogP) is 4.12. The molecule has 0 saturated carbocycles. The lowest BCUT2D eigenvalue weighted by molar-refractivity contribution is -0.137. The molecule has 1 aromatic heterocycles. The number of nitrogens with zero attached hydrogens (tertiary/aromatic N) is 2. The summed E-state index contributed by atoms with van der Waals surface area (Å²) in [5, 5.41) is 0. The van der Waals surface area contributed by atoms with Gasteiger partial charge in [-0.3, -0.25) is 4.99 Å². The Morgan fingerprint density at radius 1 is 1.30 bits per heavy atom. The van der Waals surface area contributed by atoms with Gasteiger partial charge in [-0.05, 0) is 24.3 Å². The molecule has 1 aliphatic heterocycles. The topological polar surface area (TPSA) is 38.4 Å². The van der Waals surface area contributed by atoms with Crippen LogP contribution in [0.2, 0.25) is 0 Å². The summed E-state index contributed by atoms with van der Waals surface area (Å²) in [4.78, 5) is 8.27. The Balaban J connectivity index is 2.07. The van der Waals surface area contributed by atoms with Crippen LogP contribution in [0.4, 0.5) is 13.2 Å². The van der Waals surface area contributed by atoms with E-state index >= 15 is 0 Å². The number of hydrogen-bond donors (Lipinski definition) is 0. The Morgan fingerprint density at radius 3 is 2.80 bits per heavy atom. The fraction of sp³-hybridized carbons (Fsp3) is 0.231. The van der Waals surface area contributed by atoms with Crippen molar-refractivity contribution in [3.63, 3.8) is 0 Å². The van der Waals surface area contributed by atoms with E-state index in [4.69, 9.17) is 4.42 Å². The third-order valence-electron chi connectivity index (χ3n) is 2.92. The largest absolute Gasteiger partial charge is 0.436 e. The highest BCUT2D eigenvalue weighted by Crippen LogP contribution is 2.33. The molecule has 2 aromatic rings. The van der Waals surface area contributed by atoms with Gasteiger partial charge in [0, 0.05) is 11.8 Å². The molecular weight excluding hydrogens is 384 g/mol. The molecule has 0 radical (unpaired) electrons. The van der Waals surface area contributed by atoms with Gasteiger partial charge in [0.2, 0.25) is 5.89 Å². The number of hydrogen-bond acceptors (Lipinski definition) is 3. The van der Waals surface area contributed by atoms with Gasteiger partial charge in [-0.2, -0.15) is 13.2 Å². The molecule has 0 saturated heterocycles. The van der Waals surface area contributed by atoms with E-state index in [1.165, 1.54) is 6.07 Å². The fourth-order valence-electron chi connectivity index (χ4n) is 1.92. The number of dihydropyridines is 1. The number of rotatable bonds is 1. The van der Waals surface area contributed by atoms with E-state index in [-0.39, 0.29) is 9.44 Å². The Kier molecular flexibility index (Phi) is 3.31. The Bertz CT molecular complexity index is 718. The number of alkyl halides is 4. The Labute approximate surface area is 125 Å². The highest BCUT2D eigenvalue weighted by molar-refractivity contribution is 14.1. The highest BCUT2D eigenvalue weighted by atomic mass is 127. The maximum absolute atomic E-state index is 12.7. The zero-order valence-corrected chi connectivity index (χ0v) is 12.1. The number of oxazole rings is 1. The van der Waals surface area contributed by atoms with E-state index in [9.17, 15) is 13.2 Å². The summed E-state index contributed by atoms with van der Waals surface area (Å²) < 4.78 is 43.6. The van der Waals surface area contributed by atoms with Crippen molar-refractivity contribution in [3.8, 4) is 0 Å². The maximum atomic E-state index is 12.7. The minimum atomic E-state index is -4.38. The Hall–Kier alpha value is -1.38. The highest BCUT2D eigenvalue weighted by Gasteiger charge is 2.31. The first-order valence-electron chi connectivity index (χ1n) is 5.77. The molecule has 104 valence electrons. The molecule has 2 heterocycles. The zero-order valence-electron chi connectivity index (χ0n) is 9.99. The van der Waals surface area contributed by atoms with E-state index in [1.807, 2.05) is 0 Å². The minimum absolute atomic E-state index is 0.104. The van der Waals surface area contributed by atoms with Gasteiger partial charge in [-0.15, -0.1) is 0 Å². The zero-order chi connectivity index (χ0) is 14.3. The first kappa shape index (κ1) is 13.6. The third-order valence-corrected chi connectivity index (χ3v) is 3.99. The number of allylic oxidation sites excluding steroid dienone is 1. The van der Waals surface area contributed by atoms with Gasteiger partial charge in [-0.25, -0.2) is 4.98 Å². The summed E-state index contributed by atoms with van der Waals surface area (Å²) >= 11 is 2.20. The second-order valence-electron chi connectivity index (χ2n) is 4.30. The van der Waals surface area contributed by atoms with E-state index in [0.29, 0.717) is 18.0 Å². The molecule has 1 unspecified atom stereocenters. The van der Waals surface area contributed by atoms with Crippen LogP contribution in [-0.2, 0) is 6.18 Å². The quantitative estimate of drug-likeness (QED) is 0.541. The second kappa shape index (κ2) is 4.87. The molecule has 1 atom stereocenters. The summed E-state index contributed by atoms with van der Waals surface area (Å²) in [6.07, 6.45) is -0.952. The van der Waals surface area contributed by atoms with Crippen LogP contribution in [0.15, 0.2) is 33.7 Å². The van der Waals surface area contributed by atoms with Gasteiger partial charge >= 0.3 is 6.18 Å². The molecule has 0 N–H and O–H groups in total. The second-order valence-corrected chi connectivity index (χ2v) is 5.81. The van der Waals surface area contributed by atoms with Crippen LogP contribution in [0, 0.1) is 0 Å². The predicted molar refractivity (Wildman–Crippen MR) is 78.2 cm³/mol. The van der Waals surface area contributed by atoms with Crippen molar-refractivity contribution >= 4 is 45.5 Å². The van der Waals surface area contributed by atoms with Crippen LogP contribution in [0.5, 0.6) is 0 Å². The first-order valence-corrected chi connectivity index (χ1v) is 7.02. The smallest absolute Gasteiger partial charge is 0.416 e. The number of fused-ring (bicyclic) bond motifs is 1. The molecule has 0 aliphatic carbocycles. The van der Waals surface area contributed by atoms with E-state index in [1.54, 1.807) is 12.3 Å². The van der Waals surface area contributed by atoms with Crippen LogP contribution < -0.4 is 0 Å². The molecule has 1 aliphatic rings. The molecule has 0 fully saturated rings. The molecule has 1 aromatic carbocycles. The van der Waals surface area contributed by atoms with Gasteiger partial charge < -0.3 is 4.42 Å². The summed E-state index contributed by atoms with van der Waals surface area (Å²) in [5.74, 6) is 0.352. The van der Waals surface area contributed by atoms with Gasteiger partial charge in [0.15, 0.2) is 5.58 Å². The lowest BCUT2D eigenvalue weighted by Gasteiger charge is -2.11. The van der Waals surface area contributed by atoms with Gasteiger partial charge in [-0.1, -0.05) is 22.6 Å². The number of aromatic nitrogens is 1. The average Bonchev–Trinajstić information content (AvgIpc) is 2.80. The third kappa shape index (κ3) is 2.46. The first-order chi connectivity index (χ1) is 9.45. The van der Waals surface area contributed by atoms with Crippen molar-refractivity contribution in [2.75, 3.05) is 6.54 Å². The van der Waals surface area contributed by atoms with Crippen LogP contribution in [0.3, 0.4) is 0 Å². The van der Waals surface area contributed by atoms with Crippen molar-refractivity contribution in [2.24, 2.45) is 4.99 Å². The molecule has 0 spiro atoms. The van der Waals surface area contributed by atoms with Crippen molar-refractivity contribution in [1.82, 2.24) is 4.98 Å². The summed E-state index contributed by atoms with van der Waals surface area (Å²) in [7, 11) is 0. The lowest BCUT2D eigenvalue weighted by atomic mass is 10.1. The summed E-state index contributed by atoms with van der Waals surface area (Å²) in [5.41, 5.74) is 0.669. The van der Waals surface area contributed by atoms with Gasteiger partial charge in [0.1, 0.15) is 5.52 Å². The van der Waals surface area contributed by atoms with Crippen molar-refractivity contribution < 1.29 is 17.6 Å². The molecule has 3 rings (SSSR count). The standard InChI is InChI=1S/C13H8F3IN2O/c14-13(15,16)7-1-2-11-10(5-7)19-12(20-11)8-3-4-18-6-9(8)17/h1-5,9H,6H2. The van der Waals surface area contributed by atoms with Crippen LogP contribution in [-0.4, -0.2) is 21.7 Å². The van der Waals surface area contributed by atoms with E-state index in [2.05, 4.69) is 32.6 Å². The van der Waals surface area contributed by atoms with E-state index in [0.717, 1.165) is 17.7 Å². The van der Waals surface area contributed by atoms with Crippen LogP contribution >= 0.6 is 22.6 Å². The number of aliphatic imine (C=N–C) groups is 1. The number of benzene rings is 1. The molecule has 0 bridgehead atoms. The lowest BCUT2D eigenvalue weighted by Crippen LogP contribution is -2.10. The monoisotopic (exact) mass is 392 g/mol. The van der Waals surface area contributed by atoms with Gasteiger partial charge in [0.05, 0.1) is 16.0 Å². The summed E-state index contributed by atoms with van der Waals surface area (Å²) in [6.45, 7) is 0.610. The van der Waals surface area contributed by atoms with Crippen LogP contribution in [0.25, 0.3) is 16.7 Å². The molecule has 20 heavy (non-hydrogen) atoms. The SMILES string of the molecule is FC(F)(F)c1ccc2oc(C3=CC=NCC3I)nc2c1. The van der Waals surface area contributed by atoms with Crippen molar-refractivity contribution in [3.05, 3.63) is 35.7 Å². The fourth-order valence-corrected chi connectivity index (χ4v) is 2.62. The van der Waals surface area contributed by atoms with Crippen molar-refractivity contribution in [2.45, 2.75) is 10.1 Å². The maximum Gasteiger partial charge on any atom is 0.416 e. The molecule has 7 heteroatoms. The minimum Gasteiger partial charge on any atom is -0.436 e.